The minimum atomic E-state index is -0.161. The highest BCUT2D eigenvalue weighted by Crippen LogP contribution is 2.10. The fourth-order valence-electron chi connectivity index (χ4n) is 1.02. The van der Waals surface area contributed by atoms with Crippen molar-refractivity contribution in [3.05, 3.63) is 23.9 Å². The summed E-state index contributed by atoms with van der Waals surface area (Å²) in [6.07, 6.45) is 0. The number of rotatable bonds is 4. The molecule has 0 unspecified atom stereocenters. The minimum Gasteiger partial charge on any atom is -0.377 e. The van der Waals surface area contributed by atoms with Gasteiger partial charge in [0.1, 0.15) is 5.82 Å². The lowest BCUT2D eigenvalue weighted by atomic mass is 10.1. The summed E-state index contributed by atoms with van der Waals surface area (Å²) in [6.45, 7) is 6.80. The fourth-order valence-corrected chi connectivity index (χ4v) is 1.02. The maximum absolute atomic E-state index is 5.30. The van der Waals surface area contributed by atoms with Crippen LogP contribution in [-0.2, 0) is 4.74 Å². The third-order valence-corrected chi connectivity index (χ3v) is 2.14. The molecule has 1 aromatic heterocycles. The number of hydrogen-bond acceptors (Lipinski definition) is 3. The summed E-state index contributed by atoms with van der Waals surface area (Å²) < 4.78 is 5.30. The lowest BCUT2D eigenvalue weighted by Gasteiger charge is -2.23. The standard InChI is InChI=1S/C11H18N2O/c1-9-6-5-7-10(13-9)12-8-11(2,3)14-4/h5-7H,8H2,1-4H3,(H,12,13). The van der Waals surface area contributed by atoms with Crippen molar-refractivity contribution < 1.29 is 4.74 Å². The summed E-state index contributed by atoms with van der Waals surface area (Å²) in [4.78, 5) is 4.34. The molecule has 14 heavy (non-hydrogen) atoms. The molecule has 0 aliphatic rings. The van der Waals surface area contributed by atoms with Crippen LogP contribution in [0.2, 0.25) is 0 Å². The average Bonchev–Trinajstić information content (AvgIpc) is 2.15. The first-order chi connectivity index (χ1) is 6.53. The van der Waals surface area contributed by atoms with Crippen LogP contribution in [0.5, 0.6) is 0 Å². The molecular formula is C11H18N2O. The van der Waals surface area contributed by atoms with Crippen LogP contribution in [0.25, 0.3) is 0 Å². The Morgan fingerprint density at radius 2 is 2.14 bits per heavy atom. The minimum absolute atomic E-state index is 0.161. The molecule has 0 aliphatic heterocycles. The van der Waals surface area contributed by atoms with E-state index in [-0.39, 0.29) is 5.60 Å². The second-order valence-electron chi connectivity index (χ2n) is 3.98. The molecule has 0 saturated heterocycles. The molecule has 0 aromatic carbocycles. The van der Waals surface area contributed by atoms with Gasteiger partial charge in [-0.05, 0) is 32.9 Å². The Kier molecular flexibility index (Phi) is 3.47. The van der Waals surface area contributed by atoms with E-state index in [0.29, 0.717) is 0 Å². The van der Waals surface area contributed by atoms with Crippen LogP contribution >= 0.6 is 0 Å². The highest BCUT2D eigenvalue weighted by atomic mass is 16.5. The Morgan fingerprint density at radius 3 is 2.71 bits per heavy atom. The van der Waals surface area contributed by atoms with Gasteiger partial charge < -0.3 is 10.1 Å². The van der Waals surface area contributed by atoms with Crippen LogP contribution in [0, 0.1) is 6.92 Å². The summed E-state index contributed by atoms with van der Waals surface area (Å²) >= 11 is 0. The molecule has 1 rings (SSSR count). The van der Waals surface area contributed by atoms with Gasteiger partial charge in [-0.2, -0.15) is 0 Å². The second-order valence-corrected chi connectivity index (χ2v) is 3.98. The first-order valence-corrected chi connectivity index (χ1v) is 4.76. The van der Waals surface area contributed by atoms with Crippen LogP contribution < -0.4 is 5.32 Å². The Labute approximate surface area is 85.5 Å². The molecule has 3 nitrogen and oxygen atoms in total. The van der Waals surface area contributed by atoms with E-state index in [4.69, 9.17) is 4.74 Å². The number of pyridine rings is 1. The summed E-state index contributed by atoms with van der Waals surface area (Å²) in [5.74, 6) is 0.898. The van der Waals surface area contributed by atoms with Crippen LogP contribution in [0.4, 0.5) is 5.82 Å². The molecule has 0 aliphatic carbocycles. The molecule has 0 saturated carbocycles. The van der Waals surface area contributed by atoms with Gasteiger partial charge in [0.25, 0.3) is 0 Å². The van der Waals surface area contributed by atoms with Gasteiger partial charge in [-0.3, -0.25) is 0 Å². The molecule has 0 bridgehead atoms. The number of hydrogen-bond donors (Lipinski definition) is 1. The van der Waals surface area contributed by atoms with Crippen molar-refractivity contribution in [2.75, 3.05) is 19.0 Å². The molecule has 0 fully saturated rings. The maximum Gasteiger partial charge on any atom is 0.126 e. The topological polar surface area (TPSA) is 34.1 Å². The van der Waals surface area contributed by atoms with E-state index in [0.717, 1.165) is 18.1 Å². The highest BCUT2D eigenvalue weighted by Gasteiger charge is 2.15. The number of nitrogens with one attached hydrogen (secondary N) is 1. The molecule has 0 radical (unpaired) electrons. The first kappa shape index (κ1) is 11.0. The molecule has 0 atom stereocenters. The first-order valence-electron chi connectivity index (χ1n) is 4.76. The number of methoxy groups -OCH3 is 1. The van der Waals surface area contributed by atoms with Crippen LogP contribution in [0.1, 0.15) is 19.5 Å². The number of anilines is 1. The van der Waals surface area contributed by atoms with Gasteiger partial charge in [-0.1, -0.05) is 6.07 Å². The molecule has 0 amide bonds. The Bertz CT molecular complexity index is 297. The van der Waals surface area contributed by atoms with Crippen molar-refractivity contribution in [1.82, 2.24) is 4.98 Å². The lowest BCUT2D eigenvalue weighted by molar-refractivity contribution is 0.0343. The Morgan fingerprint density at radius 1 is 1.43 bits per heavy atom. The summed E-state index contributed by atoms with van der Waals surface area (Å²) in [7, 11) is 1.71. The van der Waals surface area contributed by atoms with E-state index >= 15 is 0 Å². The van der Waals surface area contributed by atoms with Crippen molar-refractivity contribution in [1.29, 1.82) is 0 Å². The zero-order valence-corrected chi connectivity index (χ0v) is 9.29. The van der Waals surface area contributed by atoms with E-state index in [2.05, 4.69) is 10.3 Å². The van der Waals surface area contributed by atoms with Crippen LogP contribution in [0.15, 0.2) is 18.2 Å². The van der Waals surface area contributed by atoms with E-state index in [9.17, 15) is 0 Å². The fraction of sp³-hybridized carbons (Fsp3) is 0.545. The van der Waals surface area contributed by atoms with E-state index in [1.807, 2.05) is 39.0 Å². The Balaban J connectivity index is 2.54. The highest BCUT2D eigenvalue weighted by molar-refractivity contribution is 5.35. The maximum atomic E-state index is 5.30. The molecular weight excluding hydrogens is 176 g/mol. The molecule has 1 heterocycles. The van der Waals surface area contributed by atoms with Gasteiger partial charge in [0.2, 0.25) is 0 Å². The van der Waals surface area contributed by atoms with Crippen molar-refractivity contribution >= 4 is 5.82 Å². The smallest absolute Gasteiger partial charge is 0.126 e. The van der Waals surface area contributed by atoms with Gasteiger partial charge >= 0.3 is 0 Å². The number of ether oxygens (including phenoxy) is 1. The zero-order valence-electron chi connectivity index (χ0n) is 9.29. The van der Waals surface area contributed by atoms with Crippen LogP contribution in [-0.4, -0.2) is 24.2 Å². The number of aromatic nitrogens is 1. The third kappa shape index (κ3) is 3.34. The summed E-state index contributed by atoms with van der Waals surface area (Å²) in [6, 6.07) is 5.93. The van der Waals surface area contributed by atoms with Gasteiger partial charge in [0, 0.05) is 19.3 Å². The SMILES string of the molecule is COC(C)(C)CNc1cccc(C)n1. The van der Waals surface area contributed by atoms with Gasteiger partial charge in [0.05, 0.1) is 5.60 Å². The van der Waals surface area contributed by atoms with Crippen molar-refractivity contribution in [3.8, 4) is 0 Å². The van der Waals surface area contributed by atoms with E-state index < -0.39 is 0 Å². The van der Waals surface area contributed by atoms with Gasteiger partial charge in [0.15, 0.2) is 0 Å². The average molecular weight is 194 g/mol. The second kappa shape index (κ2) is 4.42. The molecule has 1 aromatic rings. The summed E-state index contributed by atoms with van der Waals surface area (Å²) in [5.41, 5.74) is 0.857. The van der Waals surface area contributed by atoms with Crippen molar-refractivity contribution in [3.63, 3.8) is 0 Å². The van der Waals surface area contributed by atoms with Crippen LogP contribution in [0.3, 0.4) is 0 Å². The Hall–Kier alpha value is -1.09. The van der Waals surface area contributed by atoms with Gasteiger partial charge in [-0.15, -0.1) is 0 Å². The monoisotopic (exact) mass is 194 g/mol. The largest absolute Gasteiger partial charge is 0.377 e. The van der Waals surface area contributed by atoms with E-state index in [1.165, 1.54) is 0 Å². The predicted octanol–water partition coefficient (Wildman–Crippen LogP) is 2.23. The number of nitrogens with zero attached hydrogens (tertiary/aromatic N) is 1. The van der Waals surface area contributed by atoms with Gasteiger partial charge in [-0.25, -0.2) is 4.98 Å². The quantitative estimate of drug-likeness (QED) is 0.798. The van der Waals surface area contributed by atoms with E-state index in [1.54, 1.807) is 7.11 Å². The lowest BCUT2D eigenvalue weighted by Crippen LogP contribution is -2.32. The molecule has 0 spiro atoms. The third-order valence-electron chi connectivity index (χ3n) is 2.14. The normalized spacial score (nSPS) is 11.4. The number of aryl methyl sites for hydroxylation is 1. The predicted molar refractivity (Wildman–Crippen MR) is 58.6 cm³/mol. The summed E-state index contributed by atoms with van der Waals surface area (Å²) in [5, 5.41) is 3.24. The molecule has 1 N–H and O–H groups in total. The zero-order chi connectivity index (χ0) is 10.6. The van der Waals surface area contributed by atoms with Crippen molar-refractivity contribution in [2.45, 2.75) is 26.4 Å². The molecule has 3 heteroatoms. The molecule has 78 valence electrons. The van der Waals surface area contributed by atoms with Crippen molar-refractivity contribution in [2.24, 2.45) is 0 Å².